The van der Waals surface area contributed by atoms with Crippen molar-refractivity contribution in [2.75, 3.05) is 37.6 Å². The van der Waals surface area contributed by atoms with Crippen LogP contribution in [-0.4, -0.2) is 59.0 Å². The number of nitrogens with one attached hydrogen (secondary N) is 1. The van der Waals surface area contributed by atoms with Gasteiger partial charge in [-0.25, -0.2) is 0 Å². The molecule has 0 bridgehead atoms. The van der Waals surface area contributed by atoms with Crippen LogP contribution in [0.3, 0.4) is 0 Å². The van der Waals surface area contributed by atoms with Gasteiger partial charge in [-0.15, -0.1) is 0 Å². The molecule has 0 aliphatic carbocycles. The molecular weight excluding hydrogens is 362 g/mol. The molecule has 1 amide bonds. The molecule has 6 nitrogen and oxygen atoms in total. The van der Waals surface area contributed by atoms with E-state index >= 15 is 0 Å². The largest absolute Gasteiger partial charge is 0.355 e. The summed E-state index contributed by atoms with van der Waals surface area (Å²) < 4.78 is 2.14. The standard InChI is InChI=1S/C23H29N5O/c1-18(2)26-12-14-27(15-13-26)22-8-7-21-6-5-20(17-28(21)22)23(29)25-11-9-19-4-3-10-24-16-19/h3-8,10,16-18H,9,11-15H2,1-2H3,(H,25,29). The lowest BCUT2D eigenvalue weighted by Crippen LogP contribution is -2.49. The molecule has 1 N–H and O–H groups in total. The second-order valence-electron chi connectivity index (χ2n) is 7.89. The fourth-order valence-electron chi connectivity index (χ4n) is 3.91. The van der Waals surface area contributed by atoms with Crippen molar-refractivity contribution in [3.05, 3.63) is 66.1 Å². The monoisotopic (exact) mass is 391 g/mol. The van der Waals surface area contributed by atoms with Gasteiger partial charge < -0.3 is 14.6 Å². The second-order valence-corrected chi connectivity index (χ2v) is 7.89. The maximum Gasteiger partial charge on any atom is 0.252 e. The molecule has 3 aromatic rings. The third kappa shape index (κ3) is 4.43. The van der Waals surface area contributed by atoms with Crippen LogP contribution >= 0.6 is 0 Å². The minimum Gasteiger partial charge on any atom is -0.355 e. The number of piperazine rings is 1. The van der Waals surface area contributed by atoms with Crippen LogP contribution in [0.1, 0.15) is 29.8 Å². The van der Waals surface area contributed by atoms with Gasteiger partial charge in [0.15, 0.2) is 0 Å². The first-order valence-electron chi connectivity index (χ1n) is 10.4. The van der Waals surface area contributed by atoms with Gasteiger partial charge in [-0.05, 0) is 56.2 Å². The van der Waals surface area contributed by atoms with Crippen molar-refractivity contribution >= 4 is 17.2 Å². The molecule has 3 aromatic heterocycles. The normalized spacial score (nSPS) is 15.2. The minimum absolute atomic E-state index is 0.0416. The highest BCUT2D eigenvalue weighted by Crippen LogP contribution is 2.22. The molecule has 1 aliphatic rings. The van der Waals surface area contributed by atoms with Crippen LogP contribution in [0.2, 0.25) is 0 Å². The molecule has 0 spiro atoms. The summed E-state index contributed by atoms with van der Waals surface area (Å²) in [5.74, 6) is 1.12. The van der Waals surface area contributed by atoms with E-state index in [0.29, 0.717) is 18.2 Å². The van der Waals surface area contributed by atoms with Crippen molar-refractivity contribution in [1.29, 1.82) is 0 Å². The zero-order valence-electron chi connectivity index (χ0n) is 17.2. The lowest BCUT2D eigenvalue weighted by atomic mass is 10.2. The number of rotatable bonds is 6. The molecule has 4 rings (SSSR count). The zero-order valence-corrected chi connectivity index (χ0v) is 17.2. The number of hydrogen-bond donors (Lipinski definition) is 1. The van der Waals surface area contributed by atoms with Gasteiger partial charge in [0, 0.05) is 62.9 Å². The van der Waals surface area contributed by atoms with Gasteiger partial charge >= 0.3 is 0 Å². The van der Waals surface area contributed by atoms with E-state index < -0.39 is 0 Å². The Balaban J connectivity index is 1.43. The predicted molar refractivity (Wildman–Crippen MR) is 117 cm³/mol. The summed E-state index contributed by atoms with van der Waals surface area (Å²) in [6.45, 7) is 9.25. The number of aromatic nitrogens is 2. The Morgan fingerprint density at radius 2 is 1.90 bits per heavy atom. The fourth-order valence-corrected chi connectivity index (χ4v) is 3.91. The minimum atomic E-state index is -0.0416. The van der Waals surface area contributed by atoms with Gasteiger partial charge in [0.1, 0.15) is 5.82 Å². The lowest BCUT2D eigenvalue weighted by Gasteiger charge is -2.37. The van der Waals surface area contributed by atoms with Crippen molar-refractivity contribution in [3.8, 4) is 0 Å². The van der Waals surface area contributed by atoms with Gasteiger partial charge in [-0.3, -0.25) is 14.7 Å². The van der Waals surface area contributed by atoms with E-state index in [0.717, 1.165) is 49.5 Å². The molecule has 29 heavy (non-hydrogen) atoms. The fraction of sp³-hybridized carbons (Fsp3) is 0.391. The molecule has 1 saturated heterocycles. The average Bonchev–Trinajstić information content (AvgIpc) is 3.17. The maximum absolute atomic E-state index is 12.6. The summed E-state index contributed by atoms with van der Waals surface area (Å²) in [4.78, 5) is 21.7. The van der Waals surface area contributed by atoms with Gasteiger partial charge in [-0.2, -0.15) is 0 Å². The van der Waals surface area contributed by atoms with Gasteiger partial charge in [0.2, 0.25) is 0 Å². The first-order chi connectivity index (χ1) is 14.1. The van der Waals surface area contributed by atoms with Gasteiger partial charge in [0.25, 0.3) is 5.91 Å². The Labute approximate surface area is 172 Å². The highest BCUT2D eigenvalue weighted by atomic mass is 16.1. The van der Waals surface area contributed by atoms with Crippen molar-refractivity contribution in [1.82, 2.24) is 19.6 Å². The van der Waals surface area contributed by atoms with Crippen LogP contribution in [0.15, 0.2) is 55.0 Å². The number of carbonyl (C=O) groups excluding carboxylic acids is 1. The Bertz CT molecular complexity index is 958. The number of amides is 1. The molecule has 0 atom stereocenters. The summed E-state index contributed by atoms with van der Waals surface area (Å²) in [6.07, 6.45) is 6.33. The van der Waals surface area contributed by atoms with Crippen LogP contribution < -0.4 is 10.2 Å². The maximum atomic E-state index is 12.6. The number of nitrogens with zero attached hydrogens (tertiary/aromatic N) is 4. The smallest absolute Gasteiger partial charge is 0.252 e. The van der Waals surface area contributed by atoms with Crippen molar-refractivity contribution in [2.24, 2.45) is 0 Å². The average molecular weight is 392 g/mol. The van der Waals surface area contributed by atoms with E-state index in [-0.39, 0.29) is 5.91 Å². The molecule has 0 aromatic carbocycles. The summed E-state index contributed by atoms with van der Waals surface area (Å²) in [6, 6.07) is 12.7. The first-order valence-corrected chi connectivity index (χ1v) is 10.4. The molecule has 152 valence electrons. The summed E-state index contributed by atoms with van der Waals surface area (Å²) in [5, 5.41) is 3.02. The number of carbonyl (C=O) groups is 1. The van der Waals surface area contributed by atoms with Crippen LogP contribution in [-0.2, 0) is 6.42 Å². The van der Waals surface area contributed by atoms with Crippen LogP contribution in [0, 0.1) is 0 Å². The SMILES string of the molecule is CC(C)N1CCN(c2ccc3ccc(C(=O)NCCc4cccnc4)cn23)CC1. The van der Waals surface area contributed by atoms with E-state index in [1.54, 1.807) is 6.20 Å². The predicted octanol–water partition coefficient (Wildman–Crippen LogP) is 2.84. The quantitative estimate of drug-likeness (QED) is 0.702. The summed E-state index contributed by atoms with van der Waals surface area (Å²) >= 11 is 0. The second kappa shape index (κ2) is 8.66. The van der Waals surface area contributed by atoms with Gasteiger partial charge in [-0.1, -0.05) is 6.07 Å². The van der Waals surface area contributed by atoms with E-state index in [1.807, 2.05) is 36.7 Å². The van der Waals surface area contributed by atoms with E-state index in [9.17, 15) is 4.79 Å². The third-order valence-corrected chi connectivity index (χ3v) is 5.68. The topological polar surface area (TPSA) is 52.9 Å². The van der Waals surface area contributed by atoms with Crippen molar-refractivity contribution < 1.29 is 4.79 Å². The summed E-state index contributed by atoms with van der Waals surface area (Å²) in [5.41, 5.74) is 2.91. The van der Waals surface area contributed by atoms with E-state index in [4.69, 9.17) is 0 Å². The van der Waals surface area contributed by atoms with Gasteiger partial charge in [0.05, 0.1) is 5.56 Å². The third-order valence-electron chi connectivity index (χ3n) is 5.68. The van der Waals surface area contributed by atoms with Crippen LogP contribution in [0.25, 0.3) is 5.52 Å². The number of hydrogen-bond acceptors (Lipinski definition) is 4. The Hall–Kier alpha value is -2.86. The Morgan fingerprint density at radius 1 is 1.10 bits per heavy atom. The molecule has 0 radical (unpaired) electrons. The van der Waals surface area contributed by atoms with E-state index in [2.05, 4.69) is 50.5 Å². The molecule has 0 saturated carbocycles. The first kappa shape index (κ1) is 19.5. The summed E-state index contributed by atoms with van der Waals surface area (Å²) in [7, 11) is 0. The highest BCUT2D eigenvalue weighted by Gasteiger charge is 2.21. The zero-order chi connectivity index (χ0) is 20.2. The lowest BCUT2D eigenvalue weighted by molar-refractivity contribution is 0.0953. The number of fused-ring (bicyclic) bond motifs is 1. The van der Waals surface area contributed by atoms with E-state index in [1.165, 1.54) is 0 Å². The van der Waals surface area contributed by atoms with Crippen molar-refractivity contribution in [2.45, 2.75) is 26.3 Å². The molecule has 1 aliphatic heterocycles. The van der Waals surface area contributed by atoms with Crippen LogP contribution in [0.4, 0.5) is 5.82 Å². The highest BCUT2D eigenvalue weighted by molar-refractivity contribution is 5.94. The number of anilines is 1. The van der Waals surface area contributed by atoms with Crippen molar-refractivity contribution in [3.63, 3.8) is 0 Å². The molecule has 4 heterocycles. The molecule has 1 fully saturated rings. The molecular formula is C23H29N5O. The number of pyridine rings is 2. The molecule has 0 unspecified atom stereocenters. The Kier molecular flexibility index (Phi) is 5.81. The van der Waals surface area contributed by atoms with Crippen LogP contribution in [0.5, 0.6) is 0 Å². The Morgan fingerprint density at radius 3 is 2.62 bits per heavy atom. The molecule has 6 heteroatoms.